The van der Waals surface area contributed by atoms with E-state index >= 15 is 0 Å². The first-order chi connectivity index (χ1) is 11.0. The molecule has 0 bridgehead atoms. The second-order valence-electron chi connectivity index (χ2n) is 7.22. The van der Waals surface area contributed by atoms with E-state index < -0.39 is 17.3 Å². The maximum Gasteiger partial charge on any atom is 0.407 e. The van der Waals surface area contributed by atoms with Crippen molar-refractivity contribution in [3.05, 3.63) is 34.9 Å². The molecule has 1 rings (SSSR count). The van der Waals surface area contributed by atoms with Crippen LogP contribution in [-0.4, -0.2) is 29.8 Å². The van der Waals surface area contributed by atoms with Crippen molar-refractivity contribution < 1.29 is 19.1 Å². The van der Waals surface area contributed by atoms with Gasteiger partial charge in [-0.05, 0) is 52.3 Å². The fraction of sp³-hybridized carbons (Fsp3) is 0.556. The van der Waals surface area contributed by atoms with E-state index in [0.29, 0.717) is 11.4 Å². The summed E-state index contributed by atoms with van der Waals surface area (Å²) >= 11 is 5.86. The molecule has 0 unspecified atom stereocenters. The number of benzene rings is 1. The molecule has 5 nitrogen and oxygen atoms in total. The summed E-state index contributed by atoms with van der Waals surface area (Å²) in [5, 5.41) is 3.20. The highest BCUT2D eigenvalue weighted by Crippen LogP contribution is 2.19. The van der Waals surface area contributed by atoms with E-state index in [2.05, 4.69) is 5.32 Å². The summed E-state index contributed by atoms with van der Waals surface area (Å²) in [4.78, 5) is 23.4. The third-order valence-corrected chi connectivity index (χ3v) is 3.18. The highest BCUT2D eigenvalue weighted by molar-refractivity contribution is 6.30. The summed E-state index contributed by atoms with van der Waals surface area (Å²) in [5.41, 5.74) is -0.175. The van der Waals surface area contributed by atoms with Crippen molar-refractivity contribution in [3.63, 3.8) is 0 Å². The number of hydrogen-bond acceptors (Lipinski definition) is 4. The first-order valence-corrected chi connectivity index (χ1v) is 8.28. The minimum Gasteiger partial charge on any atom is -0.459 e. The summed E-state index contributed by atoms with van der Waals surface area (Å²) in [6.07, 6.45) is 0.120. The predicted octanol–water partition coefficient (Wildman–Crippen LogP) is 4.12. The molecule has 0 aliphatic heterocycles. The smallest absolute Gasteiger partial charge is 0.407 e. The monoisotopic (exact) mass is 355 g/mol. The molecule has 0 saturated carbocycles. The van der Waals surface area contributed by atoms with Crippen LogP contribution in [0.25, 0.3) is 0 Å². The van der Waals surface area contributed by atoms with Gasteiger partial charge in [0.15, 0.2) is 0 Å². The van der Waals surface area contributed by atoms with Gasteiger partial charge in [0.2, 0.25) is 0 Å². The minimum atomic E-state index is -0.642. The van der Waals surface area contributed by atoms with Crippen LogP contribution in [0.2, 0.25) is 5.02 Å². The highest BCUT2D eigenvalue weighted by atomic mass is 35.5. The van der Waals surface area contributed by atoms with Gasteiger partial charge in [0.05, 0.1) is 6.42 Å². The van der Waals surface area contributed by atoms with Crippen molar-refractivity contribution >= 4 is 23.7 Å². The molecule has 1 N–H and O–H groups in total. The lowest BCUT2D eigenvalue weighted by Crippen LogP contribution is -2.35. The lowest BCUT2D eigenvalue weighted by Gasteiger charge is -2.25. The van der Waals surface area contributed by atoms with E-state index in [-0.39, 0.29) is 18.9 Å². The zero-order valence-corrected chi connectivity index (χ0v) is 15.7. The van der Waals surface area contributed by atoms with Gasteiger partial charge in [0, 0.05) is 18.0 Å². The van der Waals surface area contributed by atoms with Gasteiger partial charge in [-0.3, -0.25) is 4.79 Å². The Morgan fingerprint density at radius 1 is 1.04 bits per heavy atom. The summed E-state index contributed by atoms with van der Waals surface area (Å²) in [6.45, 7) is 9.20. The van der Waals surface area contributed by atoms with Crippen LogP contribution in [-0.2, 0) is 20.7 Å². The van der Waals surface area contributed by atoms with Crippen molar-refractivity contribution in [2.45, 2.75) is 58.7 Å². The normalized spacial score (nSPS) is 11.8. The number of amides is 1. The largest absolute Gasteiger partial charge is 0.459 e. The number of alkyl carbamates (subject to hydrolysis) is 1. The fourth-order valence-electron chi connectivity index (χ4n) is 2.07. The van der Waals surface area contributed by atoms with Crippen LogP contribution in [0, 0.1) is 0 Å². The molecular formula is C18H26ClNO4. The Morgan fingerprint density at radius 3 is 2.17 bits per heavy atom. The van der Waals surface area contributed by atoms with E-state index in [0.717, 1.165) is 5.56 Å². The van der Waals surface area contributed by atoms with Gasteiger partial charge in [0.1, 0.15) is 11.2 Å². The number of rotatable bonds is 6. The molecule has 0 aliphatic rings. The van der Waals surface area contributed by atoms with Gasteiger partial charge in [-0.15, -0.1) is 0 Å². The SMILES string of the molecule is CC(C)(C)OC(=O)NCCC(=O)OC(C)(C)Cc1ccc(Cl)cc1. The maximum absolute atomic E-state index is 11.9. The second kappa shape index (κ2) is 8.38. The molecule has 0 aliphatic carbocycles. The molecule has 0 radical (unpaired) electrons. The van der Waals surface area contributed by atoms with Gasteiger partial charge < -0.3 is 14.8 Å². The van der Waals surface area contributed by atoms with Crippen LogP contribution in [0.4, 0.5) is 4.79 Å². The van der Waals surface area contributed by atoms with E-state index in [9.17, 15) is 9.59 Å². The zero-order valence-electron chi connectivity index (χ0n) is 14.9. The van der Waals surface area contributed by atoms with E-state index in [1.165, 1.54) is 0 Å². The van der Waals surface area contributed by atoms with Crippen LogP contribution in [0.15, 0.2) is 24.3 Å². The lowest BCUT2D eigenvalue weighted by molar-refractivity contribution is -0.156. The van der Waals surface area contributed by atoms with Crippen LogP contribution in [0.5, 0.6) is 0 Å². The van der Waals surface area contributed by atoms with Crippen molar-refractivity contribution in [2.24, 2.45) is 0 Å². The molecule has 0 saturated heterocycles. The second-order valence-corrected chi connectivity index (χ2v) is 7.65. The molecule has 1 amide bonds. The number of hydrogen-bond donors (Lipinski definition) is 1. The average molecular weight is 356 g/mol. The molecule has 0 heterocycles. The molecule has 24 heavy (non-hydrogen) atoms. The Bertz CT molecular complexity index is 561. The quantitative estimate of drug-likeness (QED) is 0.779. The van der Waals surface area contributed by atoms with Gasteiger partial charge in [-0.1, -0.05) is 23.7 Å². The van der Waals surface area contributed by atoms with E-state index in [4.69, 9.17) is 21.1 Å². The molecule has 134 valence electrons. The van der Waals surface area contributed by atoms with Crippen molar-refractivity contribution in [1.82, 2.24) is 5.32 Å². The summed E-state index contributed by atoms with van der Waals surface area (Å²) in [7, 11) is 0. The highest BCUT2D eigenvalue weighted by Gasteiger charge is 2.23. The van der Waals surface area contributed by atoms with E-state index in [1.54, 1.807) is 32.9 Å². The maximum atomic E-state index is 11.9. The lowest BCUT2D eigenvalue weighted by atomic mass is 9.98. The topological polar surface area (TPSA) is 64.6 Å². The number of esters is 1. The van der Waals surface area contributed by atoms with E-state index in [1.807, 2.05) is 26.0 Å². The number of halogens is 1. The van der Waals surface area contributed by atoms with Crippen LogP contribution < -0.4 is 5.32 Å². The number of ether oxygens (including phenoxy) is 2. The summed E-state index contributed by atoms with van der Waals surface area (Å²) < 4.78 is 10.6. The average Bonchev–Trinajstić information content (AvgIpc) is 2.38. The standard InChI is InChI=1S/C18H26ClNO4/c1-17(2,3)24-16(22)20-11-10-15(21)23-18(4,5)12-13-6-8-14(19)9-7-13/h6-9H,10-12H2,1-5H3,(H,20,22). The first kappa shape index (κ1) is 20.3. The fourth-order valence-corrected chi connectivity index (χ4v) is 2.20. The summed E-state index contributed by atoms with van der Waals surface area (Å²) in [5.74, 6) is -0.370. The third-order valence-electron chi connectivity index (χ3n) is 2.93. The first-order valence-electron chi connectivity index (χ1n) is 7.90. The van der Waals surface area contributed by atoms with Crippen molar-refractivity contribution in [2.75, 3.05) is 6.54 Å². The predicted molar refractivity (Wildman–Crippen MR) is 94.2 cm³/mol. The molecule has 0 aromatic heterocycles. The van der Waals surface area contributed by atoms with Crippen LogP contribution in [0.3, 0.4) is 0 Å². The van der Waals surface area contributed by atoms with Crippen LogP contribution in [0.1, 0.15) is 46.6 Å². The van der Waals surface area contributed by atoms with Gasteiger partial charge in [-0.25, -0.2) is 4.79 Å². The third kappa shape index (κ3) is 8.77. The van der Waals surface area contributed by atoms with Crippen LogP contribution >= 0.6 is 11.6 Å². The molecular weight excluding hydrogens is 330 g/mol. The molecule has 0 spiro atoms. The number of carbonyl (C=O) groups excluding carboxylic acids is 2. The van der Waals surface area contributed by atoms with Gasteiger partial charge in [0.25, 0.3) is 0 Å². The Morgan fingerprint density at radius 2 is 1.62 bits per heavy atom. The Kier molecular flexibility index (Phi) is 7.08. The van der Waals surface area contributed by atoms with Gasteiger partial charge in [-0.2, -0.15) is 0 Å². The number of nitrogens with one attached hydrogen (secondary N) is 1. The Hall–Kier alpha value is -1.75. The molecule has 0 fully saturated rings. The zero-order chi connectivity index (χ0) is 18.4. The molecule has 0 atom stereocenters. The van der Waals surface area contributed by atoms with Crippen molar-refractivity contribution in [1.29, 1.82) is 0 Å². The Labute approximate surface area is 148 Å². The molecule has 1 aromatic rings. The van der Waals surface area contributed by atoms with Crippen molar-refractivity contribution in [3.8, 4) is 0 Å². The molecule has 1 aromatic carbocycles. The van der Waals surface area contributed by atoms with Gasteiger partial charge >= 0.3 is 12.1 Å². The summed E-state index contributed by atoms with van der Waals surface area (Å²) in [6, 6.07) is 7.42. The Balaban J connectivity index is 2.37. The molecule has 6 heteroatoms. The minimum absolute atomic E-state index is 0.0866. The number of carbonyl (C=O) groups is 2.